The van der Waals surface area contributed by atoms with Gasteiger partial charge < -0.3 is 19.5 Å². The maximum atomic E-state index is 13.1. The molecule has 2 amide bonds. The second kappa shape index (κ2) is 9.16. The zero-order valence-corrected chi connectivity index (χ0v) is 18.8. The van der Waals surface area contributed by atoms with Gasteiger partial charge in [-0.2, -0.15) is 0 Å². The first-order chi connectivity index (χ1) is 15.0. The Kier molecular flexibility index (Phi) is 6.34. The minimum absolute atomic E-state index is 0.160. The predicted octanol–water partition coefficient (Wildman–Crippen LogP) is 5.32. The molecule has 1 aliphatic rings. The predicted molar refractivity (Wildman–Crippen MR) is 121 cm³/mol. The molecule has 4 rings (SSSR count). The van der Waals surface area contributed by atoms with E-state index in [1.165, 1.54) is 0 Å². The average Bonchev–Trinajstić information content (AvgIpc) is 3.38. The Morgan fingerprint density at radius 1 is 1.16 bits per heavy atom. The van der Waals surface area contributed by atoms with E-state index in [0.29, 0.717) is 34.6 Å². The molecule has 2 aromatic carbocycles. The maximum absolute atomic E-state index is 13.1. The lowest BCUT2D eigenvalue weighted by molar-refractivity contribution is 0.203. The van der Waals surface area contributed by atoms with E-state index in [9.17, 15) is 4.79 Å². The molecular weight excluding hydrogens is 437 g/mol. The van der Waals surface area contributed by atoms with Crippen LogP contribution >= 0.6 is 23.2 Å². The minimum atomic E-state index is -0.207. The number of methoxy groups -OCH3 is 1. The second-order valence-corrected chi connectivity index (χ2v) is 8.32. The molecule has 1 N–H and O–H groups in total. The Labute approximate surface area is 190 Å². The Balaban J connectivity index is 1.56. The van der Waals surface area contributed by atoms with E-state index in [1.54, 1.807) is 30.2 Å². The lowest BCUT2D eigenvalue weighted by atomic mass is 10.2. The van der Waals surface area contributed by atoms with Gasteiger partial charge in [-0.1, -0.05) is 35.3 Å². The second-order valence-electron chi connectivity index (χ2n) is 7.44. The SMILES string of the molecule is COc1cc(Cl)ccc1NC(=O)N1CCC[C@@H]1c1nnc(C)n1Cc1ccc(Cl)cc1. The minimum Gasteiger partial charge on any atom is -0.495 e. The summed E-state index contributed by atoms with van der Waals surface area (Å²) in [7, 11) is 1.54. The number of likely N-dealkylation sites (tertiary alicyclic amines) is 1. The van der Waals surface area contributed by atoms with Gasteiger partial charge in [-0.25, -0.2) is 4.79 Å². The van der Waals surface area contributed by atoms with E-state index in [0.717, 1.165) is 30.1 Å². The van der Waals surface area contributed by atoms with Crippen molar-refractivity contribution in [3.63, 3.8) is 0 Å². The molecule has 7 nitrogen and oxygen atoms in total. The lowest BCUT2D eigenvalue weighted by Gasteiger charge is -2.25. The van der Waals surface area contributed by atoms with E-state index >= 15 is 0 Å². The van der Waals surface area contributed by atoms with Gasteiger partial charge in [0, 0.05) is 22.7 Å². The van der Waals surface area contributed by atoms with Crippen LogP contribution < -0.4 is 10.1 Å². The highest BCUT2D eigenvalue weighted by Gasteiger charge is 2.34. The Bertz CT molecular complexity index is 1080. The van der Waals surface area contributed by atoms with Crippen LogP contribution in [0.5, 0.6) is 5.75 Å². The molecular formula is C22H23Cl2N5O2. The number of carbonyl (C=O) groups excluding carboxylic acids is 1. The summed E-state index contributed by atoms with van der Waals surface area (Å²) < 4.78 is 7.40. The summed E-state index contributed by atoms with van der Waals surface area (Å²) in [4.78, 5) is 14.9. The molecule has 0 spiro atoms. The van der Waals surface area contributed by atoms with E-state index in [1.807, 2.05) is 31.2 Å². The van der Waals surface area contributed by atoms with Crippen LogP contribution in [0.3, 0.4) is 0 Å². The van der Waals surface area contributed by atoms with Gasteiger partial charge in [0.1, 0.15) is 11.6 Å². The van der Waals surface area contributed by atoms with Gasteiger partial charge in [-0.05, 0) is 49.6 Å². The number of carbonyl (C=O) groups is 1. The highest BCUT2D eigenvalue weighted by molar-refractivity contribution is 6.31. The van der Waals surface area contributed by atoms with Crippen molar-refractivity contribution in [2.45, 2.75) is 32.4 Å². The number of urea groups is 1. The van der Waals surface area contributed by atoms with Crippen LogP contribution in [0.25, 0.3) is 0 Å². The third-order valence-corrected chi connectivity index (χ3v) is 5.92. The molecule has 3 aromatic rings. The van der Waals surface area contributed by atoms with Gasteiger partial charge in [0.2, 0.25) is 0 Å². The third-order valence-electron chi connectivity index (χ3n) is 5.44. The standard InChI is InChI=1S/C22H23Cl2N5O2/c1-14-26-27-21(29(14)13-15-5-7-16(23)8-6-15)19-4-3-11-28(19)22(30)25-18-10-9-17(24)12-20(18)31-2/h5-10,12,19H,3-4,11,13H2,1-2H3,(H,25,30)/t19-/m1/s1. The number of rotatable bonds is 5. The van der Waals surface area contributed by atoms with Crippen molar-refractivity contribution in [2.24, 2.45) is 0 Å². The van der Waals surface area contributed by atoms with Crippen molar-refractivity contribution >= 4 is 34.9 Å². The fourth-order valence-electron chi connectivity index (χ4n) is 3.85. The lowest BCUT2D eigenvalue weighted by Crippen LogP contribution is -2.35. The number of amides is 2. The molecule has 0 unspecified atom stereocenters. The topological polar surface area (TPSA) is 72.3 Å². The van der Waals surface area contributed by atoms with Gasteiger partial charge in [0.05, 0.1) is 25.4 Å². The van der Waals surface area contributed by atoms with Crippen molar-refractivity contribution in [3.8, 4) is 5.75 Å². The smallest absolute Gasteiger partial charge is 0.322 e. The van der Waals surface area contributed by atoms with Crippen LogP contribution in [0.1, 0.15) is 36.1 Å². The quantitative estimate of drug-likeness (QED) is 0.560. The average molecular weight is 460 g/mol. The first kappa shape index (κ1) is 21.5. The molecule has 0 bridgehead atoms. The number of ether oxygens (including phenoxy) is 1. The summed E-state index contributed by atoms with van der Waals surface area (Å²) in [6.07, 6.45) is 1.71. The summed E-state index contributed by atoms with van der Waals surface area (Å²) >= 11 is 12.0. The number of hydrogen-bond acceptors (Lipinski definition) is 4. The van der Waals surface area contributed by atoms with Crippen molar-refractivity contribution in [1.82, 2.24) is 19.7 Å². The van der Waals surface area contributed by atoms with Crippen LogP contribution in [0, 0.1) is 6.92 Å². The molecule has 0 radical (unpaired) electrons. The molecule has 9 heteroatoms. The monoisotopic (exact) mass is 459 g/mol. The van der Waals surface area contributed by atoms with E-state index < -0.39 is 0 Å². The summed E-state index contributed by atoms with van der Waals surface area (Å²) in [5.41, 5.74) is 1.66. The molecule has 162 valence electrons. The number of benzene rings is 2. The maximum Gasteiger partial charge on any atom is 0.322 e. The molecule has 1 aliphatic heterocycles. The van der Waals surface area contributed by atoms with Gasteiger partial charge >= 0.3 is 6.03 Å². The molecule has 0 saturated carbocycles. The van der Waals surface area contributed by atoms with Gasteiger partial charge in [0.25, 0.3) is 0 Å². The number of halogens is 2. The van der Waals surface area contributed by atoms with Gasteiger partial charge in [-0.15, -0.1) is 10.2 Å². The number of aryl methyl sites for hydroxylation is 1. The van der Waals surface area contributed by atoms with Crippen molar-refractivity contribution in [1.29, 1.82) is 0 Å². The van der Waals surface area contributed by atoms with E-state index in [-0.39, 0.29) is 12.1 Å². The van der Waals surface area contributed by atoms with Crippen LogP contribution in [-0.4, -0.2) is 39.4 Å². The van der Waals surface area contributed by atoms with Crippen molar-refractivity contribution < 1.29 is 9.53 Å². The molecule has 2 heterocycles. The summed E-state index contributed by atoms with van der Waals surface area (Å²) in [6.45, 7) is 3.17. The Morgan fingerprint density at radius 2 is 1.90 bits per heavy atom. The fraction of sp³-hybridized carbons (Fsp3) is 0.318. The number of nitrogens with zero attached hydrogens (tertiary/aromatic N) is 4. The molecule has 1 saturated heterocycles. The largest absolute Gasteiger partial charge is 0.495 e. The normalized spacial score (nSPS) is 15.9. The zero-order valence-electron chi connectivity index (χ0n) is 17.3. The van der Waals surface area contributed by atoms with Crippen molar-refractivity contribution in [2.75, 3.05) is 19.0 Å². The van der Waals surface area contributed by atoms with Crippen LogP contribution in [0.2, 0.25) is 10.0 Å². The van der Waals surface area contributed by atoms with Crippen LogP contribution in [0.4, 0.5) is 10.5 Å². The van der Waals surface area contributed by atoms with E-state index in [2.05, 4.69) is 20.1 Å². The Hall–Kier alpha value is -2.77. The summed E-state index contributed by atoms with van der Waals surface area (Å²) in [6, 6.07) is 12.5. The zero-order chi connectivity index (χ0) is 22.0. The highest BCUT2D eigenvalue weighted by atomic mass is 35.5. The molecule has 1 fully saturated rings. The van der Waals surface area contributed by atoms with Crippen molar-refractivity contribution in [3.05, 3.63) is 69.7 Å². The third kappa shape index (κ3) is 4.62. The summed E-state index contributed by atoms with van der Waals surface area (Å²) in [5.74, 6) is 2.10. The fourth-order valence-corrected chi connectivity index (χ4v) is 4.13. The number of anilines is 1. The van der Waals surface area contributed by atoms with Gasteiger partial charge in [0.15, 0.2) is 5.82 Å². The Morgan fingerprint density at radius 3 is 2.65 bits per heavy atom. The molecule has 31 heavy (non-hydrogen) atoms. The number of nitrogens with one attached hydrogen (secondary N) is 1. The van der Waals surface area contributed by atoms with Crippen LogP contribution in [-0.2, 0) is 6.54 Å². The molecule has 1 atom stereocenters. The molecule has 0 aliphatic carbocycles. The summed E-state index contributed by atoms with van der Waals surface area (Å²) in [5, 5.41) is 12.9. The first-order valence-corrected chi connectivity index (χ1v) is 10.8. The van der Waals surface area contributed by atoms with E-state index in [4.69, 9.17) is 27.9 Å². The molecule has 1 aromatic heterocycles. The first-order valence-electron chi connectivity index (χ1n) is 10.0. The number of hydrogen-bond donors (Lipinski definition) is 1. The van der Waals surface area contributed by atoms with Crippen LogP contribution in [0.15, 0.2) is 42.5 Å². The number of aromatic nitrogens is 3. The van der Waals surface area contributed by atoms with Gasteiger partial charge in [-0.3, -0.25) is 0 Å². The highest BCUT2D eigenvalue weighted by Crippen LogP contribution is 2.34.